The second-order valence-electron chi connectivity index (χ2n) is 4.92. The lowest BCUT2D eigenvalue weighted by atomic mass is 10.1. The summed E-state index contributed by atoms with van der Waals surface area (Å²) in [5.74, 6) is -0.0447. The minimum atomic E-state index is -0.0447. The Morgan fingerprint density at radius 1 is 1.29 bits per heavy atom. The first kappa shape index (κ1) is 16.3. The molecule has 1 unspecified atom stereocenters. The summed E-state index contributed by atoms with van der Waals surface area (Å²) >= 11 is 7.41. The maximum Gasteiger partial charge on any atom is 0.251 e. The molecule has 1 aliphatic heterocycles. The molecule has 0 aliphatic carbocycles. The van der Waals surface area contributed by atoms with Crippen LogP contribution in [0.25, 0.3) is 0 Å². The summed E-state index contributed by atoms with van der Waals surface area (Å²) in [5.41, 5.74) is 3.20. The highest BCUT2D eigenvalue weighted by Gasteiger charge is 2.16. The first-order valence-corrected chi connectivity index (χ1v) is 7.71. The lowest BCUT2D eigenvalue weighted by molar-refractivity contribution is 0.0940. The van der Waals surface area contributed by atoms with Crippen molar-refractivity contribution in [2.24, 2.45) is 0 Å². The van der Waals surface area contributed by atoms with Crippen LogP contribution in [0.1, 0.15) is 39.3 Å². The highest BCUT2D eigenvalue weighted by molar-refractivity contribution is 7.16. The van der Waals surface area contributed by atoms with Crippen molar-refractivity contribution in [3.05, 3.63) is 56.2 Å². The highest BCUT2D eigenvalue weighted by Crippen LogP contribution is 2.27. The molecule has 21 heavy (non-hydrogen) atoms. The highest BCUT2D eigenvalue weighted by atomic mass is 35.5. The zero-order valence-corrected chi connectivity index (χ0v) is 13.9. The largest absolute Gasteiger partial charge is 0.345 e. The van der Waals surface area contributed by atoms with Crippen molar-refractivity contribution in [2.75, 3.05) is 0 Å². The summed E-state index contributed by atoms with van der Waals surface area (Å²) in [6, 6.07) is 9.65. The second kappa shape index (κ2) is 6.79. The molecule has 6 heteroatoms. The molecule has 1 aromatic heterocycles. The minimum absolute atomic E-state index is 0. The molecule has 1 atom stereocenters. The molecule has 1 amide bonds. The van der Waals surface area contributed by atoms with Crippen LogP contribution >= 0.6 is 35.3 Å². The quantitative estimate of drug-likeness (QED) is 0.887. The molecule has 1 aliphatic rings. The summed E-state index contributed by atoms with van der Waals surface area (Å²) in [6.07, 6.45) is 0. The monoisotopic (exact) mass is 342 g/mol. The van der Waals surface area contributed by atoms with E-state index in [9.17, 15) is 4.79 Å². The van der Waals surface area contributed by atoms with E-state index in [2.05, 4.69) is 10.6 Å². The number of thiophene rings is 1. The van der Waals surface area contributed by atoms with Crippen molar-refractivity contribution < 1.29 is 4.79 Å². The van der Waals surface area contributed by atoms with Crippen molar-refractivity contribution in [1.29, 1.82) is 0 Å². The number of hydrogen-bond donors (Lipinski definition) is 2. The van der Waals surface area contributed by atoms with Gasteiger partial charge in [0.15, 0.2) is 0 Å². The fourth-order valence-electron chi connectivity index (χ4n) is 2.35. The van der Waals surface area contributed by atoms with E-state index in [0.717, 1.165) is 22.3 Å². The predicted octanol–water partition coefficient (Wildman–Crippen LogP) is 3.92. The first-order valence-electron chi connectivity index (χ1n) is 6.52. The van der Waals surface area contributed by atoms with Gasteiger partial charge < -0.3 is 10.6 Å². The molecule has 112 valence electrons. The summed E-state index contributed by atoms with van der Waals surface area (Å²) in [4.78, 5) is 13.3. The van der Waals surface area contributed by atoms with E-state index in [4.69, 9.17) is 11.6 Å². The SMILES string of the molecule is CC(NC(=O)c1ccc2c(c1)CNC2)c1ccc(Cl)s1.Cl. The lowest BCUT2D eigenvalue weighted by Crippen LogP contribution is -2.26. The summed E-state index contributed by atoms with van der Waals surface area (Å²) in [7, 11) is 0. The summed E-state index contributed by atoms with van der Waals surface area (Å²) < 4.78 is 0.740. The van der Waals surface area contributed by atoms with Crippen LogP contribution in [0.5, 0.6) is 0 Å². The van der Waals surface area contributed by atoms with E-state index >= 15 is 0 Å². The maximum atomic E-state index is 12.3. The van der Waals surface area contributed by atoms with Crippen LogP contribution in [0.4, 0.5) is 0 Å². The van der Waals surface area contributed by atoms with E-state index in [1.165, 1.54) is 22.5 Å². The van der Waals surface area contributed by atoms with Crippen LogP contribution < -0.4 is 10.6 Å². The van der Waals surface area contributed by atoms with Gasteiger partial charge in [0.25, 0.3) is 5.91 Å². The van der Waals surface area contributed by atoms with Gasteiger partial charge >= 0.3 is 0 Å². The number of halogens is 2. The Kier molecular flexibility index (Phi) is 5.27. The third-order valence-corrected chi connectivity index (χ3v) is 4.88. The molecule has 0 saturated carbocycles. The number of hydrogen-bond acceptors (Lipinski definition) is 3. The third-order valence-electron chi connectivity index (χ3n) is 3.47. The van der Waals surface area contributed by atoms with E-state index in [1.807, 2.05) is 37.3 Å². The van der Waals surface area contributed by atoms with Gasteiger partial charge in [0.1, 0.15) is 0 Å². The molecule has 3 nitrogen and oxygen atoms in total. The van der Waals surface area contributed by atoms with E-state index in [-0.39, 0.29) is 24.4 Å². The van der Waals surface area contributed by atoms with Crippen molar-refractivity contribution in [3.63, 3.8) is 0 Å². The van der Waals surface area contributed by atoms with Gasteiger partial charge in [-0.05, 0) is 42.3 Å². The van der Waals surface area contributed by atoms with Crippen molar-refractivity contribution in [1.82, 2.24) is 10.6 Å². The molecular formula is C15H16Cl2N2OS. The zero-order chi connectivity index (χ0) is 14.1. The van der Waals surface area contributed by atoms with Crippen LogP contribution in [0.3, 0.4) is 0 Å². The number of amides is 1. The fraction of sp³-hybridized carbons (Fsp3) is 0.267. The lowest BCUT2D eigenvalue weighted by Gasteiger charge is -2.12. The summed E-state index contributed by atoms with van der Waals surface area (Å²) in [6.45, 7) is 3.70. The van der Waals surface area contributed by atoms with Crippen LogP contribution in [0.2, 0.25) is 4.34 Å². The van der Waals surface area contributed by atoms with E-state index in [0.29, 0.717) is 5.56 Å². The molecule has 0 radical (unpaired) electrons. The van der Waals surface area contributed by atoms with Gasteiger partial charge in [-0.1, -0.05) is 17.7 Å². The topological polar surface area (TPSA) is 41.1 Å². The Morgan fingerprint density at radius 3 is 2.76 bits per heavy atom. The Labute approximate surface area is 139 Å². The van der Waals surface area contributed by atoms with E-state index < -0.39 is 0 Å². The van der Waals surface area contributed by atoms with Crippen LogP contribution in [-0.2, 0) is 13.1 Å². The number of carbonyl (C=O) groups excluding carboxylic acids is 1. The van der Waals surface area contributed by atoms with Crippen molar-refractivity contribution in [2.45, 2.75) is 26.1 Å². The van der Waals surface area contributed by atoms with Crippen molar-refractivity contribution in [3.8, 4) is 0 Å². The van der Waals surface area contributed by atoms with Gasteiger partial charge in [-0.2, -0.15) is 0 Å². The van der Waals surface area contributed by atoms with E-state index in [1.54, 1.807) is 0 Å². The van der Waals surface area contributed by atoms with Gasteiger partial charge in [0.2, 0.25) is 0 Å². The number of fused-ring (bicyclic) bond motifs is 1. The average Bonchev–Trinajstić information content (AvgIpc) is 3.05. The second-order valence-corrected chi connectivity index (χ2v) is 6.67. The predicted molar refractivity (Wildman–Crippen MR) is 89.4 cm³/mol. The first-order chi connectivity index (χ1) is 9.63. The van der Waals surface area contributed by atoms with Gasteiger partial charge in [-0.3, -0.25) is 4.79 Å². The van der Waals surface area contributed by atoms with Gasteiger partial charge in [-0.15, -0.1) is 23.7 Å². The Morgan fingerprint density at radius 2 is 2.05 bits per heavy atom. The van der Waals surface area contributed by atoms with Gasteiger partial charge in [-0.25, -0.2) is 0 Å². The molecule has 2 aromatic rings. The molecule has 1 aromatic carbocycles. The Hall–Kier alpha value is -1.07. The van der Waals surface area contributed by atoms with Gasteiger partial charge in [0.05, 0.1) is 10.4 Å². The number of nitrogens with one attached hydrogen (secondary N) is 2. The molecular weight excluding hydrogens is 327 g/mol. The molecule has 2 N–H and O–H groups in total. The molecule has 0 bridgehead atoms. The third kappa shape index (κ3) is 3.58. The molecule has 0 saturated heterocycles. The molecule has 0 fully saturated rings. The Bertz CT molecular complexity index is 657. The van der Waals surface area contributed by atoms with Crippen LogP contribution in [0, 0.1) is 0 Å². The molecule has 0 spiro atoms. The number of benzene rings is 1. The number of carbonyl (C=O) groups is 1. The smallest absolute Gasteiger partial charge is 0.251 e. The summed E-state index contributed by atoms with van der Waals surface area (Å²) in [5, 5.41) is 6.29. The van der Waals surface area contributed by atoms with Crippen molar-refractivity contribution >= 4 is 41.3 Å². The number of rotatable bonds is 3. The minimum Gasteiger partial charge on any atom is -0.345 e. The van der Waals surface area contributed by atoms with Gasteiger partial charge in [0, 0.05) is 23.5 Å². The maximum absolute atomic E-state index is 12.3. The molecule has 2 heterocycles. The zero-order valence-electron chi connectivity index (χ0n) is 11.5. The Balaban J connectivity index is 0.00000161. The van der Waals surface area contributed by atoms with Crippen LogP contribution in [0.15, 0.2) is 30.3 Å². The molecule has 3 rings (SSSR count). The normalized spacial score (nSPS) is 14.2. The fourth-order valence-corrected chi connectivity index (χ4v) is 3.41. The average molecular weight is 343 g/mol. The van der Waals surface area contributed by atoms with Crippen LogP contribution in [-0.4, -0.2) is 5.91 Å². The standard InChI is InChI=1S/C15H15ClN2OS.ClH/c1-9(13-4-5-14(16)20-13)18-15(19)10-2-3-11-7-17-8-12(11)6-10;/h2-6,9,17H,7-8H2,1H3,(H,18,19);1H.